The van der Waals surface area contributed by atoms with Gasteiger partial charge in [-0.3, -0.25) is 14.5 Å². The van der Waals surface area contributed by atoms with E-state index in [1.165, 1.54) is 0 Å². The molecule has 0 N–H and O–H groups in total. The number of para-hydroxylation sites is 1. The van der Waals surface area contributed by atoms with Gasteiger partial charge < -0.3 is 0 Å². The maximum Gasteiger partial charge on any atom is 0.159 e. The first kappa shape index (κ1) is 18.1. The normalized spacial score (nSPS) is 12.7. The summed E-state index contributed by atoms with van der Waals surface area (Å²) < 4.78 is 2.15. The minimum Gasteiger partial charge on any atom is -0.289 e. The Morgan fingerprint density at radius 3 is 2.39 bits per heavy atom. The van der Waals surface area contributed by atoms with Crippen molar-refractivity contribution >= 4 is 5.71 Å². The number of rotatable bonds is 7. The molecule has 0 amide bonds. The molecular formula is C23H23N5. The molecule has 0 atom stereocenters. The van der Waals surface area contributed by atoms with Gasteiger partial charge in [0.1, 0.15) is 6.54 Å². The van der Waals surface area contributed by atoms with Crippen molar-refractivity contribution in [3.63, 3.8) is 0 Å². The van der Waals surface area contributed by atoms with Gasteiger partial charge in [0, 0.05) is 24.2 Å². The molecule has 140 valence electrons. The lowest BCUT2D eigenvalue weighted by Gasteiger charge is -2.19. The van der Waals surface area contributed by atoms with Gasteiger partial charge in [-0.1, -0.05) is 60.7 Å². The van der Waals surface area contributed by atoms with Crippen molar-refractivity contribution in [3.8, 4) is 5.69 Å². The number of benzene rings is 2. The Balaban J connectivity index is 1.79. The summed E-state index contributed by atoms with van der Waals surface area (Å²) in [7, 11) is 0. The van der Waals surface area contributed by atoms with Crippen molar-refractivity contribution in [1.29, 1.82) is 0 Å². The molecular weight excluding hydrogens is 346 g/mol. The largest absolute Gasteiger partial charge is 0.289 e. The van der Waals surface area contributed by atoms with Crippen LogP contribution >= 0.6 is 0 Å². The van der Waals surface area contributed by atoms with E-state index in [1.807, 2.05) is 42.5 Å². The Hall–Kier alpha value is -3.31. The predicted octanol–water partition coefficient (Wildman–Crippen LogP) is 3.79. The van der Waals surface area contributed by atoms with Crippen LogP contribution in [0.1, 0.15) is 22.8 Å². The Bertz CT molecular complexity index is 1010. The summed E-state index contributed by atoms with van der Waals surface area (Å²) in [5.41, 5.74) is 4.25. The highest BCUT2D eigenvalue weighted by Crippen LogP contribution is 2.26. The molecule has 0 unspecified atom stereocenters. The van der Waals surface area contributed by atoms with Gasteiger partial charge >= 0.3 is 0 Å². The van der Waals surface area contributed by atoms with E-state index in [0.717, 1.165) is 47.3 Å². The third kappa shape index (κ3) is 3.44. The van der Waals surface area contributed by atoms with Crippen LogP contribution in [0.2, 0.25) is 0 Å². The van der Waals surface area contributed by atoms with E-state index < -0.39 is 0 Å². The Labute approximate surface area is 165 Å². The molecule has 1 aromatic heterocycles. The number of nitrogens with zero attached hydrogens (tertiary/aromatic N) is 5. The van der Waals surface area contributed by atoms with Crippen molar-refractivity contribution in [2.75, 3.05) is 13.1 Å². The minimum atomic E-state index is 0.495. The second-order valence-electron chi connectivity index (χ2n) is 6.69. The van der Waals surface area contributed by atoms with Crippen molar-refractivity contribution in [2.24, 2.45) is 4.99 Å². The van der Waals surface area contributed by atoms with E-state index in [0.29, 0.717) is 13.1 Å². The van der Waals surface area contributed by atoms with Crippen LogP contribution in [-0.2, 0) is 13.1 Å². The van der Waals surface area contributed by atoms with Crippen LogP contribution in [0.5, 0.6) is 0 Å². The number of hydrogen-bond acceptors (Lipinski definition) is 4. The summed E-state index contributed by atoms with van der Waals surface area (Å²) in [5, 5.41) is 8.92. The van der Waals surface area contributed by atoms with E-state index >= 15 is 0 Å². The maximum absolute atomic E-state index is 4.89. The molecule has 0 fully saturated rings. The van der Waals surface area contributed by atoms with Gasteiger partial charge in [0.05, 0.1) is 17.9 Å². The van der Waals surface area contributed by atoms with E-state index in [2.05, 4.69) is 57.1 Å². The maximum atomic E-state index is 4.89. The molecule has 1 aliphatic heterocycles. The standard InChI is InChI=1S/C23H23N5/c1-3-14-27(15-4-2)17-22-26-25-21-16-24-23(18-10-6-5-7-11-18)19-12-8-9-13-20(19)28(21)22/h3-13H,1-2,14-17H2. The summed E-state index contributed by atoms with van der Waals surface area (Å²) in [6.07, 6.45) is 3.79. The summed E-state index contributed by atoms with van der Waals surface area (Å²) in [4.78, 5) is 7.11. The second-order valence-corrected chi connectivity index (χ2v) is 6.69. The minimum absolute atomic E-state index is 0.495. The highest BCUT2D eigenvalue weighted by molar-refractivity contribution is 6.15. The summed E-state index contributed by atoms with van der Waals surface area (Å²) in [6, 6.07) is 18.6. The van der Waals surface area contributed by atoms with Gasteiger partial charge in [0.25, 0.3) is 0 Å². The molecule has 0 saturated heterocycles. The molecule has 0 aliphatic carbocycles. The molecule has 2 heterocycles. The average Bonchev–Trinajstić information content (AvgIpc) is 3.04. The summed E-state index contributed by atoms with van der Waals surface area (Å²) in [6.45, 7) is 10.4. The van der Waals surface area contributed by atoms with Crippen LogP contribution in [0.4, 0.5) is 0 Å². The molecule has 4 rings (SSSR count). The van der Waals surface area contributed by atoms with E-state index in [4.69, 9.17) is 4.99 Å². The second kappa shape index (κ2) is 8.15. The fourth-order valence-electron chi connectivity index (χ4n) is 3.55. The molecule has 28 heavy (non-hydrogen) atoms. The third-order valence-electron chi connectivity index (χ3n) is 4.76. The molecule has 5 heteroatoms. The predicted molar refractivity (Wildman–Crippen MR) is 113 cm³/mol. The third-order valence-corrected chi connectivity index (χ3v) is 4.76. The van der Waals surface area contributed by atoms with Crippen LogP contribution in [0.25, 0.3) is 5.69 Å². The molecule has 2 aromatic carbocycles. The lowest BCUT2D eigenvalue weighted by atomic mass is 10.0. The average molecular weight is 369 g/mol. The van der Waals surface area contributed by atoms with Gasteiger partial charge in [0.2, 0.25) is 0 Å². The van der Waals surface area contributed by atoms with Gasteiger partial charge in [-0.05, 0) is 6.07 Å². The fraction of sp³-hybridized carbons (Fsp3) is 0.174. The molecule has 0 saturated carbocycles. The first-order chi connectivity index (χ1) is 13.8. The van der Waals surface area contributed by atoms with Crippen molar-refractivity contribution in [2.45, 2.75) is 13.1 Å². The number of hydrogen-bond donors (Lipinski definition) is 0. The highest BCUT2D eigenvalue weighted by Gasteiger charge is 2.23. The molecule has 5 nitrogen and oxygen atoms in total. The van der Waals surface area contributed by atoms with Crippen LogP contribution in [-0.4, -0.2) is 38.5 Å². The van der Waals surface area contributed by atoms with E-state index in [-0.39, 0.29) is 0 Å². The number of aromatic nitrogens is 3. The van der Waals surface area contributed by atoms with Gasteiger partial charge in [-0.15, -0.1) is 23.4 Å². The summed E-state index contributed by atoms with van der Waals surface area (Å²) in [5.74, 6) is 1.75. The topological polar surface area (TPSA) is 46.3 Å². The lowest BCUT2D eigenvalue weighted by molar-refractivity contribution is 0.316. The quantitative estimate of drug-likeness (QED) is 0.595. The molecule has 0 radical (unpaired) electrons. The van der Waals surface area contributed by atoms with Crippen molar-refractivity contribution in [3.05, 3.63) is 103 Å². The van der Waals surface area contributed by atoms with E-state index in [9.17, 15) is 0 Å². The van der Waals surface area contributed by atoms with E-state index in [1.54, 1.807) is 0 Å². The lowest BCUT2D eigenvalue weighted by Crippen LogP contribution is -2.25. The zero-order valence-electron chi connectivity index (χ0n) is 15.8. The molecule has 0 bridgehead atoms. The smallest absolute Gasteiger partial charge is 0.159 e. The van der Waals surface area contributed by atoms with Crippen LogP contribution in [0.15, 0.2) is 84.9 Å². The van der Waals surface area contributed by atoms with Crippen LogP contribution in [0.3, 0.4) is 0 Å². The van der Waals surface area contributed by atoms with Gasteiger partial charge in [-0.25, -0.2) is 0 Å². The van der Waals surface area contributed by atoms with Gasteiger partial charge in [0.15, 0.2) is 11.6 Å². The number of fused-ring (bicyclic) bond motifs is 3. The molecule has 3 aromatic rings. The monoisotopic (exact) mass is 369 g/mol. The first-order valence-corrected chi connectivity index (χ1v) is 9.38. The van der Waals surface area contributed by atoms with Crippen molar-refractivity contribution in [1.82, 2.24) is 19.7 Å². The zero-order chi connectivity index (χ0) is 19.3. The van der Waals surface area contributed by atoms with Crippen molar-refractivity contribution < 1.29 is 0 Å². The molecule has 1 aliphatic rings. The van der Waals surface area contributed by atoms with Gasteiger partial charge in [-0.2, -0.15) is 0 Å². The first-order valence-electron chi connectivity index (χ1n) is 9.38. The molecule has 0 spiro atoms. The van der Waals surface area contributed by atoms with Crippen LogP contribution in [0, 0.1) is 0 Å². The SMILES string of the molecule is C=CCN(CC=C)Cc1nnc2n1-c1ccccc1C(c1ccccc1)=NC2. The Kier molecular flexibility index (Phi) is 5.26. The zero-order valence-corrected chi connectivity index (χ0v) is 15.8. The highest BCUT2D eigenvalue weighted by atomic mass is 15.3. The Morgan fingerprint density at radius 2 is 1.64 bits per heavy atom. The summed E-state index contributed by atoms with van der Waals surface area (Å²) >= 11 is 0. The fourth-order valence-corrected chi connectivity index (χ4v) is 3.55. The van der Waals surface area contributed by atoms with Crippen LogP contribution < -0.4 is 0 Å². The number of aliphatic imine (C=N–C) groups is 1. The Morgan fingerprint density at radius 1 is 0.929 bits per heavy atom.